The van der Waals surface area contributed by atoms with Gasteiger partial charge in [0.05, 0.1) is 24.3 Å². The number of carbonyl (C=O) groups excluding carboxylic acids is 1. The minimum Gasteiger partial charge on any atom is -0.448 e. The van der Waals surface area contributed by atoms with Gasteiger partial charge < -0.3 is 9.32 Å². The second-order valence-corrected chi connectivity index (χ2v) is 8.23. The van der Waals surface area contributed by atoms with Gasteiger partial charge in [-0.2, -0.15) is 0 Å². The summed E-state index contributed by atoms with van der Waals surface area (Å²) in [5.41, 5.74) is 3.02. The summed E-state index contributed by atoms with van der Waals surface area (Å²) in [4.78, 5) is 32.2. The molecule has 0 amide bonds. The number of pyridine rings is 3. The maximum absolute atomic E-state index is 13.5. The summed E-state index contributed by atoms with van der Waals surface area (Å²) < 4.78 is 19.2. The van der Waals surface area contributed by atoms with Crippen LogP contribution in [0.2, 0.25) is 0 Å². The molecule has 0 bridgehead atoms. The van der Waals surface area contributed by atoms with Crippen LogP contribution in [-0.4, -0.2) is 50.8 Å². The van der Waals surface area contributed by atoms with Crippen molar-refractivity contribution in [1.82, 2.24) is 24.8 Å². The van der Waals surface area contributed by atoms with Gasteiger partial charge >= 0.3 is 0 Å². The van der Waals surface area contributed by atoms with E-state index >= 15 is 0 Å². The van der Waals surface area contributed by atoms with Crippen molar-refractivity contribution in [1.29, 1.82) is 0 Å². The molecule has 0 atom stereocenters. The molecule has 0 N–H and O–H groups in total. The van der Waals surface area contributed by atoms with E-state index in [4.69, 9.17) is 4.42 Å². The molecule has 32 heavy (non-hydrogen) atoms. The number of aromatic nitrogens is 4. The van der Waals surface area contributed by atoms with Crippen LogP contribution in [0.4, 0.5) is 4.39 Å². The zero-order valence-electron chi connectivity index (χ0n) is 17.7. The first-order valence-corrected chi connectivity index (χ1v) is 10.6. The van der Waals surface area contributed by atoms with Gasteiger partial charge in [-0.25, -0.2) is 9.37 Å². The predicted octanol–water partition coefficient (Wildman–Crippen LogP) is 4.05. The van der Waals surface area contributed by atoms with Crippen LogP contribution in [0.5, 0.6) is 0 Å². The third-order valence-corrected chi connectivity index (χ3v) is 5.88. The van der Waals surface area contributed by atoms with Crippen molar-refractivity contribution in [3.05, 3.63) is 72.3 Å². The highest BCUT2D eigenvalue weighted by molar-refractivity contribution is 5.95. The lowest BCUT2D eigenvalue weighted by Gasteiger charge is -2.26. The van der Waals surface area contributed by atoms with Crippen LogP contribution in [0.1, 0.15) is 40.8 Å². The summed E-state index contributed by atoms with van der Waals surface area (Å²) in [5.74, 6) is 0.355. The van der Waals surface area contributed by atoms with Crippen molar-refractivity contribution in [2.45, 2.75) is 25.2 Å². The molecule has 0 saturated carbocycles. The molecule has 0 aromatic carbocycles. The van der Waals surface area contributed by atoms with Crippen LogP contribution >= 0.6 is 0 Å². The molecule has 1 aliphatic rings. The number of fused-ring (bicyclic) bond motifs is 1. The van der Waals surface area contributed by atoms with Gasteiger partial charge in [-0.3, -0.25) is 19.7 Å². The third-order valence-electron chi connectivity index (χ3n) is 5.88. The normalized spacial score (nSPS) is 15.3. The standard InChI is InChI=1S/C24H22FN5O2/c1-30-4-2-15(3-5-30)24-29-22(14-32-24)23(31)9-20-8-16-6-17(11-28-21(16)13-27-20)18-7-19(25)12-26-10-18/h6-8,10-15H,2-5,9H2,1H3. The van der Waals surface area contributed by atoms with Gasteiger partial charge in [0.2, 0.25) is 0 Å². The molecule has 0 unspecified atom stereocenters. The number of ketones is 1. The largest absolute Gasteiger partial charge is 0.448 e. The van der Waals surface area contributed by atoms with Gasteiger partial charge in [-0.1, -0.05) is 0 Å². The predicted molar refractivity (Wildman–Crippen MR) is 117 cm³/mol. The highest BCUT2D eigenvalue weighted by Gasteiger charge is 2.24. The van der Waals surface area contributed by atoms with Crippen LogP contribution in [0.3, 0.4) is 0 Å². The van der Waals surface area contributed by atoms with Crippen LogP contribution in [-0.2, 0) is 6.42 Å². The number of nitrogens with zero attached hydrogens (tertiary/aromatic N) is 5. The molecular weight excluding hydrogens is 409 g/mol. The number of Topliss-reactive ketones (excluding diaryl/α,β-unsaturated/α-hetero) is 1. The Bertz CT molecular complexity index is 1280. The highest BCUT2D eigenvalue weighted by atomic mass is 19.1. The molecule has 4 aromatic heterocycles. The summed E-state index contributed by atoms with van der Waals surface area (Å²) in [6.45, 7) is 2.00. The van der Waals surface area contributed by atoms with E-state index in [9.17, 15) is 9.18 Å². The summed E-state index contributed by atoms with van der Waals surface area (Å²) in [7, 11) is 2.10. The topological polar surface area (TPSA) is 85.0 Å². The van der Waals surface area contributed by atoms with Gasteiger partial charge in [0.25, 0.3) is 0 Å². The summed E-state index contributed by atoms with van der Waals surface area (Å²) >= 11 is 0. The molecule has 0 aliphatic carbocycles. The van der Waals surface area contributed by atoms with Crippen molar-refractivity contribution >= 4 is 16.7 Å². The first-order chi connectivity index (χ1) is 15.5. The third kappa shape index (κ3) is 4.27. The van der Waals surface area contributed by atoms with Crippen LogP contribution in [0, 0.1) is 5.82 Å². The highest BCUT2D eigenvalue weighted by Crippen LogP contribution is 2.27. The lowest BCUT2D eigenvalue weighted by atomic mass is 9.97. The molecule has 1 fully saturated rings. The molecule has 162 valence electrons. The average molecular weight is 431 g/mol. The van der Waals surface area contributed by atoms with E-state index in [0.29, 0.717) is 28.4 Å². The Balaban J connectivity index is 1.34. The molecule has 8 heteroatoms. The van der Waals surface area contributed by atoms with Gasteiger partial charge in [0.15, 0.2) is 11.7 Å². The van der Waals surface area contributed by atoms with E-state index in [-0.39, 0.29) is 18.1 Å². The number of halogens is 1. The number of hydrogen-bond acceptors (Lipinski definition) is 7. The fraction of sp³-hybridized carbons (Fsp3) is 0.292. The lowest BCUT2D eigenvalue weighted by molar-refractivity contribution is 0.0987. The van der Waals surface area contributed by atoms with Crippen molar-refractivity contribution in [3.63, 3.8) is 0 Å². The van der Waals surface area contributed by atoms with E-state index in [1.54, 1.807) is 18.6 Å². The summed E-state index contributed by atoms with van der Waals surface area (Å²) in [6, 6.07) is 5.13. The summed E-state index contributed by atoms with van der Waals surface area (Å²) in [5, 5.41) is 0.816. The smallest absolute Gasteiger partial charge is 0.197 e. The van der Waals surface area contributed by atoms with Gasteiger partial charge in [-0.15, -0.1) is 0 Å². The molecule has 1 saturated heterocycles. The summed E-state index contributed by atoms with van der Waals surface area (Å²) in [6.07, 6.45) is 9.57. The Morgan fingerprint density at radius 3 is 2.72 bits per heavy atom. The number of likely N-dealkylation sites (tertiary alicyclic amines) is 1. The van der Waals surface area contributed by atoms with E-state index in [1.165, 1.54) is 12.3 Å². The Morgan fingerprint density at radius 1 is 1.09 bits per heavy atom. The number of carbonyl (C=O) groups is 1. The molecular formula is C24H22FN5O2. The van der Waals surface area contributed by atoms with E-state index < -0.39 is 5.82 Å². The Kier molecular flexibility index (Phi) is 5.45. The number of hydrogen-bond donors (Lipinski definition) is 0. The number of oxazole rings is 1. The van der Waals surface area contributed by atoms with Crippen molar-refractivity contribution < 1.29 is 13.6 Å². The minimum absolute atomic E-state index is 0.112. The van der Waals surface area contributed by atoms with E-state index in [2.05, 4.69) is 31.9 Å². The molecule has 5 rings (SSSR count). The van der Waals surface area contributed by atoms with Gasteiger partial charge in [-0.05, 0) is 51.2 Å². The van der Waals surface area contributed by atoms with Crippen molar-refractivity contribution in [2.75, 3.05) is 20.1 Å². The Labute approximate surface area is 184 Å². The van der Waals surface area contributed by atoms with E-state index in [0.717, 1.165) is 43.1 Å². The van der Waals surface area contributed by atoms with Crippen molar-refractivity contribution in [2.24, 2.45) is 0 Å². The van der Waals surface area contributed by atoms with Crippen LogP contribution in [0.15, 0.2) is 53.7 Å². The SMILES string of the molecule is CN1CCC(c2nc(C(=O)Cc3cc4cc(-c5cncc(F)c5)cnc4cn3)co2)CC1. The second kappa shape index (κ2) is 8.55. The molecule has 5 heterocycles. The maximum Gasteiger partial charge on any atom is 0.197 e. The fourth-order valence-electron chi connectivity index (χ4n) is 4.01. The Morgan fingerprint density at radius 2 is 1.91 bits per heavy atom. The zero-order chi connectivity index (χ0) is 22.1. The molecule has 7 nitrogen and oxygen atoms in total. The van der Waals surface area contributed by atoms with Gasteiger partial charge in [0.1, 0.15) is 17.8 Å². The van der Waals surface area contributed by atoms with Crippen LogP contribution < -0.4 is 0 Å². The fourth-order valence-corrected chi connectivity index (χ4v) is 4.01. The first kappa shape index (κ1) is 20.4. The minimum atomic E-state index is -0.407. The number of piperidine rings is 1. The quantitative estimate of drug-likeness (QED) is 0.441. The second-order valence-electron chi connectivity index (χ2n) is 8.23. The lowest BCUT2D eigenvalue weighted by Crippen LogP contribution is -2.29. The van der Waals surface area contributed by atoms with E-state index in [1.807, 2.05) is 12.1 Å². The average Bonchev–Trinajstić information content (AvgIpc) is 3.30. The molecule has 4 aromatic rings. The zero-order valence-corrected chi connectivity index (χ0v) is 17.7. The number of rotatable bonds is 5. The Hall–Kier alpha value is -3.52. The van der Waals surface area contributed by atoms with Gasteiger partial charge in [0, 0.05) is 40.5 Å². The monoisotopic (exact) mass is 431 g/mol. The molecule has 1 aliphatic heterocycles. The van der Waals surface area contributed by atoms with Crippen molar-refractivity contribution in [3.8, 4) is 11.1 Å². The molecule has 0 spiro atoms. The van der Waals surface area contributed by atoms with Crippen LogP contribution in [0.25, 0.3) is 22.0 Å². The molecule has 0 radical (unpaired) electrons. The maximum atomic E-state index is 13.5. The first-order valence-electron chi connectivity index (χ1n) is 10.6.